The number of H-pyrrole nitrogens is 1. The van der Waals surface area contributed by atoms with Crippen molar-refractivity contribution in [1.29, 1.82) is 0 Å². The van der Waals surface area contributed by atoms with Gasteiger partial charge < -0.3 is 15.5 Å². The number of nitrogens with two attached hydrogens (primary N) is 1. The second kappa shape index (κ2) is 5.78. The smallest absolute Gasteiger partial charge is 0.184 e. The van der Waals surface area contributed by atoms with Gasteiger partial charge in [-0.25, -0.2) is 23.4 Å². The molecule has 0 aliphatic carbocycles. The minimum Gasteiger partial charge on any atom is -0.382 e. The summed E-state index contributed by atoms with van der Waals surface area (Å²) in [7, 11) is -3.58. The van der Waals surface area contributed by atoms with Crippen LogP contribution in [0.3, 0.4) is 0 Å². The number of sulfone groups is 1. The number of imidazole rings is 1. The summed E-state index contributed by atoms with van der Waals surface area (Å²) in [5, 5.41) is -0.758. The topological polar surface area (TPSA) is 124 Å². The van der Waals surface area contributed by atoms with Gasteiger partial charge in [0, 0.05) is 0 Å². The van der Waals surface area contributed by atoms with E-state index in [2.05, 4.69) is 19.9 Å². The number of benzene rings is 1. The summed E-state index contributed by atoms with van der Waals surface area (Å²) in [6.45, 7) is 2.24. The molecular weight excluding hydrogens is 342 g/mol. The molecule has 0 spiro atoms. The zero-order chi connectivity index (χ0) is 17.6. The first-order valence-corrected chi connectivity index (χ1v) is 9.36. The Balaban J connectivity index is 1.75. The van der Waals surface area contributed by atoms with E-state index in [1.807, 2.05) is 6.92 Å². The lowest BCUT2D eigenvalue weighted by molar-refractivity contribution is 0.193. The fourth-order valence-electron chi connectivity index (χ4n) is 3.02. The molecule has 130 valence electrons. The first kappa shape index (κ1) is 16.0. The van der Waals surface area contributed by atoms with E-state index >= 15 is 0 Å². The highest BCUT2D eigenvalue weighted by molar-refractivity contribution is 7.92. The van der Waals surface area contributed by atoms with Crippen LogP contribution in [0.4, 0.5) is 5.82 Å². The van der Waals surface area contributed by atoms with Crippen LogP contribution in [-0.2, 0) is 14.6 Å². The van der Waals surface area contributed by atoms with Gasteiger partial charge in [-0.15, -0.1) is 0 Å². The maximum Gasteiger partial charge on any atom is 0.184 e. The summed E-state index contributed by atoms with van der Waals surface area (Å²) in [6.07, 6.45) is 1.48. The number of hydrogen-bond donors (Lipinski definition) is 2. The molecule has 1 fully saturated rings. The van der Waals surface area contributed by atoms with Crippen molar-refractivity contribution in [2.45, 2.75) is 23.0 Å². The Labute approximate surface area is 144 Å². The average Bonchev–Trinajstić information content (AvgIpc) is 3.24. The summed E-state index contributed by atoms with van der Waals surface area (Å²) in [5.41, 5.74) is 7.90. The number of ether oxygens (including phenoxy) is 1. The highest BCUT2D eigenvalue weighted by atomic mass is 32.2. The lowest BCUT2D eigenvalue weighted by atomic mass is 10.1. The number of aromatic nitrogens is 4. The maximum absolute atomic E-state index is 13.0. The predicted molar refractivity (Wildman–Crippen MR) is 91.8 cm³/mol. The molecule has 25 heavy (non-hydrogen) atoms. The number of rotatable bonds is 3. The summed E-state index contributed by atoms with van der Waals surface area (Å²) in [6, 6.07) is 6.79. The summed E-state index contributed by atoms with van der Waals surface area (Å²) >= 11 is 0. The third-order valence-corrected chi connectivity index (χ3v) is 6.63. The molecule has 0 bridgehead atoms. The van der Waals surface area contributed by atoms with Crippen LogP contribution < -0.4 is 5.73 Å². The minimum atomic E-state index is -3.58. The molecule has 0 radical (unpaired) electrons. The number of nitrogen functional groups attached to an aromatic ring is 1. The third kappa shape index (κ3) is 2.65. The van der Waals surface area contributed by atoms with Gasteiger partial charge in [0.1, 0.15) is 16.6 Å². The van der Waals surface area contributed by atoms with Crippen molar-refractivity contribution in [2.75, 3.05) is 18.9 Å². The van der Waals surface area contributed by atoms with Crippen molar-refractivity contribution in [3.8, 4) is 0 Å². The molecule has 3 heterocycles. The molecule has 4 rings (SSSR count). The summed E-state index contributed by atoms with van der Waals surface area (Å²) in [4.78, 5) is 15.9. The molecule has 2 atom stereocenters. The molecule has 0 amide bonds. The van der Waals surface area contributed by atoms with E-state index in [9.17, 15) is 8.42 Å². The van der Waals surface area contributed by atoms with Crippen LogP contribution in [0.2, 0.25) is 0 Å². The molecule has 2 aromatic heterocycles. The fourth-order valence-corrected chi connectivity index (χ4v) is 4.80. The Hall–Kier alpha value is -2.52. The van der Waals surface area contributed by atoms with E-state index < -0.39 is 21.0 Å². The van der Waals surface area contributed by atoms with Crippen molar-refractivity contribution < 1.29 is 13.2 Å². The maximum atomic E-state index is 13.0. The van der Waals surface area contributed by atoms with Crippen molar-refractivity contribution >= 4 is 26.8 Å². The second-order valence-corrected chi connectivity index (χ2v) is 8.28. The number of nitrogens with one attached hydrogen (secondary N) is 1. The van der Waals surface area contributed by atoms with Crippen LogP contribution in [0.1, 0.15) is 17.3 Å². The average molecular weight is 359 g/mol. The van der Waals surface area contributed by atoms with Gasteiger partial charge in [0.15, 0.2) is 21.3 Å². The molecule has 1 saturated heterocycles. The second-order valence-electron chi connectivity index (χ2n) is 6.11. The van der Waals surface area contributed by atoms with E-state index in [1.165, 1.54) is 6.33 Å². The van der Waals surface area contributed by atoms with Crippen LogP contribution in [0, 0.1) is 6.92 Å². The lowest BCUT2D eigenvalue weighted by Crippen LogP contribution is -2.29. The zero-order valence-corrected chi connectivity index (χ0v) is 14.3. The third-order valence-electron chi connectivity index (χ3n) is 4.44. The number of hydrogen-bond acceptors (Lipinski definition) is 7. The number of nitrogens with zero attached hydrogens (tertiary/aromatic N) is 3. The molecule has 1 aliphatic rings. The number of fused-ring (bicyclic) bond motifs is 1. The molecule has 8 nitrogen and oxygen atoms in total. The van der Waals surface area contributed by atoms with Crippen LogP contribution >= 0.6 is 0 Å². The molecule has 3 N–H and O–H groups in total. The lowest BCUT2D eigenvalue weighted by Gasteiger charge is -2.17. The fraction of sp³-hybridized carbons (Fsp3) is 0.312. The first-order valence-electron chi connectivity index (χ1n) is 7.81. The SMILES string of the molecule is Cc1ccc(S(=O)(=O)[C@@H]2COC[C@H]2c2nc(N)c3[nH]cnc3n2)cc1. The number of aryl methyl sites for hydroxylation is 1. The van der Waals surface area contributed by atoms with E-state index in [-0.39, 0.29) is 23.9 Å². The molecule has 3 aromatic rings. The van der Waals surface area contributed by atoms with Crippen molar-refractivity contribution in [2.24, 2.45) is 0 Å². The highest BCUT2D eigenvalue weighted by Gasteiger charge is 2.42. The van der Waals surface area contributed by atoms with E-state index in [1.54, 1.807) is 24.3 Å². The van der Waals surface area contributed by atoms with Crippen molar-refractivity contribution in [3.63, 3.8) is 0 Å². The van der Waals surface area contributed by atoms with Gasteiger partial charge in [0.05, 0.1) is 30.4 Å². The quantitative estimate of drug-likeness (QED) is 0.720. The largest absolute Gasteiger partial charge is 0.382 e. The van der Waals surface area contributed by atoms with E-state index in [0.717, 1.165) is 5.56 Å². The van der Waals surface area contributed by atoms with Gasteiger partial charge in [-0.3, -0.25) is 0 Å². The Morgan fingerprint density at radius 1 is 1.20 bits per heavy atom. The van der Waals surface area contributed by atoms with E-state index in [0.29, 0.717) is 17.0 Å². The standard InChI is InChI=1S/C16H17N5O3S/c1-9-2-4-10(5-3-9)25(22,23)12-7-24-6-11(12)15-20-14(17)13-16(21-15)19-8-18-13/h2-5,8,11-12H,6-7H2,1H3,(H3,17,18,19,20,21)/t11-,12-/m1/s1. The van der Waals surface area contributed by atoms with Gasteiger partial charge >= 0.3 is 0 Å². The van der Waals surface area contributed by atoms with Crippen LogP contribution in [0.15, 0.2) is 35.5 Å². The number of anilines is 1. The van der Waals surface area contributed by atoms with Gasteiger partial charge in [0.25, 0.3) is 0 Å². The Morgan fingerprint density at radius 2 is 1.96 bits per heavy atom. The molecular formula is C16H17N5O3S. The van der Waals surface area contributed by atoms with Crippen LogP contribution in [-0.4, -0.2) is 46.8 Å². The van der Waals surface area contributed by atoms with Gasteiger partial charge in [-0.2, -0.15) is 0 Å². The Morgan fingerprint density at radius 3 is 2.72 bits per heavy atom. The first-order chi connectivity index (χ1) is 12.0. The molecule has 9 heteroatoms. The monoisotopic (exact) mass is 359 g/mol. The summed E-state index contributed by atoms with van der Waals surface area (Å²) < 4.78 is 31.5. The van der Waals surface area contributed by atoms with Crippen LogP contribution in [0.25, 0.3) is 11.2 Å². The molecule has 1 aromatic carbocycles. The van der Waals surface area contributed by atoms with E-state index in [4.69, 9.17) is 10.5 Å². The summed E-state index contributed by atoms with van der Waals surface area (Å²) in [5.74, 6) is 0.0980. The Bertz CT molecular complexity index is 1030. The predicted octanol–water partition coefficient (Wildman–Crippen LogP) is 1.20. The van der Waals surface area contributed by atoms with Crippen molar-refractivity contribution in [1.82, 2.24) is 19.9 Å². The van der Waals surface area contributed by atoms with Gasteiger partial charge in [-0.1, -0.05) is 17.7 Å². The zero-order valence-electron chi connectivity index (χ0n) is 13.5. The van der Waals surface area contributed by atoms with Crippen LogP contribution in [0.5, 0.6) is 0 Å². The normalized spacial score (nSPS) is 21.0. The highest BCUT2D eigenvalue weighted by Crippen LogP contribution is 2.33. The number of aromatic amines is 1. The molecule has 1 aliphatic heterocycles. The molecule has 0 unspecified atom stereocenters. The van der Waals surface area contributed by atoms with Gasteiger partial charge in [0.2, 0.25) is 0 Å². The van der Waals surface area contributed by atoms with Gasteiger partial charge in [-0.05, 0) is 19.1 Å². The van der Waals surface area contributed by atoms with Crippen molar-refractivity contribution in [3.05, 3.63) is 42.0 Å². The molecule has 0 saturated carbocycles. The Kier molecular flexibility index (Phi) is 3.69. The minimum absolute atomic E-state index is 0.0999.